The van der Waals surface area contributed by atoms with Crippen LogP contribution in [0.4, 0.5) is 4.39 Å². The third-order valence-electron chi connectivity index (χ3n) is 3.26. The highest BCUT2D eigenvalue weighted by atomic mass is 19.1. The number of aromatic nitrogens is 2. The Hall–Kier alpha value is -2.70. The average Bonchev–Trinajstić information content (AvgIpc) is 2.77. The summed E-state index contributed by atoms with van der Waals surface area (Å²) in [6, 6.07) is 4.04. The molecule has 0 unspecified atom stereocenters. The number of benzene rings is 1. The van der Waals surface area contributed by atoms with Gasteiger partial charge in [0, 0.05) is 7.05 Å². The minimum Gasteiger partial charge on any atom is -0.411 e. The number of imidazole rings is 1. The second kappa shape index (κ2) is 4.44. The van der Waals surface area contributed by atoms with E-state index >= 15 is 0 Å². The zero-order valence-corrected chi connectivity index (χ0v) is 10.6. The van der Waals surface area contributed by atoms with Crippen LogP contribution in [0.1, 0.15) is 21.7 Å². The van der Waals surface area contributed by atoms with Crippen molar-refractivity contribution >= 4 is 12.1 Å². The van der Waals surface area contributed by atoms with Crippen LogP contribution in [0.15, 0.2) is 29.7 Å². The molecular weight excluding hydrogens is 263 g/mol. The van der Waals surface area contributed by atoms with E-state index in [0.717, 1.165) is 0 Å². The fraction of sp³-hybridized carbons (Fsp3) is 0.154. The van der Waals surface area contributed by atoms with Crippen molar-refractivity contribution in [2.75, 3.05) is 7.05 Å². The summed E-state index contributed by atoms with van der Waals surface area (Å²) in [7, 11) is 1.62. The number of carbonyl (C=O) groups excluding carboxylic acids is 1. The molecule has 0 aliphatic carbocycles. The SMILES string of the molecule is CN1Cc2c(C=NO)ncn2-c2ccc(F)cc2C1=O. The van der Waals surface area contributed by atoms with E-state index in [1.165, 1.54) is 35.6 Å². The first kappa shape index (κ1) is 12.3. The van der Waals surface area contributed by atoms with Crippen molar-refractivity contribution in [3.8, 4) is 5.69 Å². The first-order chi connectivity index (χ1) is 9.61. The third-order valence-corrected chi connectivity index (χ3v) is 3.26. The lowest BCUT2D eigenvalue weighted by molar-refractivity contribution is 0.0787. The maximum atomic E-state index is 13.4. The molecule has 6 nitrogen and oxygen atoms in total. The van der Waals surface area contributed by atoms with E-state index < -0.39 is 5.82 Å². The predicted octanol–water partition coefficient (Wildman–Crippen LogP) is 1.41. The number of oxime groups is 1. The Labute approximate surface area is 113 Å². The Kier molecular flexibility index (Phi) is 2.74. The molecule has 7 heteroatoms. The maximum Gasteiger partial charge on any atom is 0.256 e. The monoisotopic (exact) mass is 274 g/mol. The Balaban J connectivity index is 2.28. The van der Waals surface area contributed by atoms with Gasteiger partial charge < -0.3 is 10.1 Å². The van der Waals surface area contributed by atoms with Gasteiger partial charge in [-0.05, 0) is 18.2 Å². The molecule has 1 aromatic carbocycles. The van der Waals surface area contributed by atoms with Crippen LogP contribution in [-0.2, 0) is 6.54 Å². The molecule has 0 atom stereocenters. The number of nitrogens with zero attached hydrogens (tertiary/aromatic N) is 4. The Morgan fingerprint density at radius 1 is 1.50 bits per heavy atom. The largest absolute Gasteiger partial charge is 0.411 e. The number of hydrogen-bond acceptors (Lipinski definition) is 4. The molecule has 2 aromatic rings. The molecule has 1 amide bonds. The number of carbonyl (C=O) groups is 1. The number of hydrogen-bond donors (Lipinski definition) is 1. The standard InChI is InChI=1S/C13H11FN4O2/c1-17-6-12-10(5-16-20)15-7-18(12)11-3-2-8(14)4-9(11)13(17)19/h2-5,7,20H,6H2,1H3. The third kappa shape index (κ3) is 1.75. The van der Waals surface area contributed by atoms with Crippen LogP contribution in [0, 0.1) is 5.82 Å². The minimum atomic E-state index is -0.466. The van der Waals surface area contributed by atoms with Crippen molar-refractivity contribution in [3.05, 3.63) is 47.3 Å². The second-order valence-corrected chi connectivity index (χ2v) is 4.51. The van der Waals surface area contributed by atoms with E-state index in [4.69, 9.17) is 5.21 Å². The molecule has 1 aromatic heterocycles. The van der Waals surface area contributed by atoms with E-state index in [9.17, 15) is 9.18 Å². The summed E-state index contributed by atoms with van der Waals surface area (Å²) in [5, 5.41) is 11.6. The number of fused-ring (bicyclic) bond motifs is 3. The van der Waals surface area contributed by atoms with Gasteiger partial charge in [0.2, 0.25) is 0 Å². The van der Waals surface area contributed by atoms with Crippen molar-refractivity contribution in [2.45, 2.75) is 6.54 Å². The molecule has 1 aliphatic rings. The molecule has 0 spiro atoms. The van der Waals surface area contributed by atoms with Gasteiger partial charge in [-0.15, -0.1) is 0 Å². The van der Waals surface area contributed by atoms with Crippen molar-refractivity contribution in [1.29, 1.82) is 0 Å². The Bertz CT molecular complexity index is 723. The molecule has 0 bridgehead atoms. The van der Waals surface area contributed by atoms with Crippen LogP contribution in [-0.4, -0.2) is 38.8 Å². The lowest BCUT2D eigenvalue weighted by Crippen LogP contribution is -2.25. The van der Waals surface area contributed by atoms with Gasteiger partial charge in [-0.25, -0.2) is 9.37 Å². The summed E-state index contributed by atoms with van der Waals surface area (Å²) in [6.07, 6.45) is 2.73. The number of amides is 1. The van der Waals surface area contributed by atoms with Gasteiger partial charge in [-0.1, -0.05) is 5.16 Å². The molecule has 1 N–H and O–H groups in total. The van der Waals surface area contributed by atoms with Crippen LogP contribution in [0.3, 0.4) is 0 Å². The molecule has 0 radical (unpaired) electrons. The molecule has 20 heavy (non-hydrogen) atoms. The van der Waals surface area contributed by atoms with Gasteiger partial charge >= 0.3 is 0 Å². The summed E-state index contributed by atoms with van der Waals surface area (Å²) < 4.78 is 15.1. The van der Waals surface area contributed by atoms with E-state index in [-0.39, 0.29) is 18.0 Å². The topological polar surface area (TPSA) is 70.7 Å². The van der Waals surface area contributed by atoms with Gasteiger partial charge in [-0.3, -0.25) is 9.36 Å². The zero-order chi connectivity index (χ0) is 14.3. The van der Waals surface area contributed by atoms with Gasteiger partial charge in [-0.2, -0.15) is 0 Å². The van der Waals surface area contributed by atoms with Crippen LogP contribution >= 0.6 is 0 Å². The second-order valence-electron chi connectivity index (χ2n) is 4.51. The average molecular weight is 274 g/mol. The molecular formula is C13H11FN4O2. The quantitative estimate of drug-likeness (QED) is 0.485. The van der Waals surface area contributed by atoms with E-state index in [2.05, 4.69) is 10.1 Å². The lowest BCUT2D eigenvalue weighted by Gasteiger charge is -2.14. The van der Waals surface area contributed by atoms with Gasteiger partial charge in [0.05, 0.1) is 29.7 Å². The molecule has 2 heterocycles. The first-order valence-corrected chi connectivity index (χ1v) is 5.91. The number of halogens is 1. The first-order valence-electron chi connectivity index (χ1n) is 5.91. The molecule has 3 rings (SSSR count). The smallest absolute Gasteiger partial charge is 0.256 e. The van der Waals surface area contributed by atoms with Crippen molar-refractivity contribution in [1.82, 2.24) is 14.5 Å². The van der Waals surface area contributed by atoms with Crippen LogP contribution in [0.25, 0.3) is 5.69 Å². The highest BCUT2D eigenvalue weighted by molar-refractivity contribution is 5.98. The van der Waals surface area contributed by atoms with Crippen molar-refractivity contribution in [2.24, 2.45) is 5.16 Å². The Morgan fingerprint density at radius 2 is 2.30 bits per heavy atom. The maximum absolute atomic E-state index is 13.4. The number of rotatable bonds is 1. The Morgan fingerprint density at radius 3 is 3.05 bits per heavy atom. The summed E-state index contributed by atoms with van der Waals surface area (Å²) in [5.74, 6) is -0.735. The van der Waals surface area contributed by atoms with Crippen LogP contribution < -0.4 is 0 Å². The van der Waals surface area contributed by atoms with E-state index in [1.807, 2.05) is 0 Å². The van der Waals surface area contributed by atoms with Gasteiger partial charge in [0.1, 0.15) is 17.8 Å². The van der Waals surface area contributed by atoms with Gasteiger partial charge in [0.25, 0.3) is 5.91 Å². The van der Waals surface area contributed by atoms with Crippen molar-refractivity contribution < 1.29 is 14.4 Å². The highest BCUT2D eigenvalue weighted by Crippen LogP contribution is 2.25. The molecule has 1 aliphatic heterocycles. The molecule has 102 valence electrons. The summed E-state index contributed by atoms with van der Waals surface area (Å²) in [6.45, 7) is 0.288. The molecule has 0 fully saturated rings. The van der Waals surface area contributed by atoms with Crippen molar-refractivity contribution in [3.63, 3.8) is 0 Å². The normalized spacial score (nSPS) is 14.3. The minimum absolute atomic E-state index is 0.268. The molecule has 0 saturated heterocycles. The summed E-state index contributed by atoms with van der Waals surface area (Å²) in [5.41, 5.74) is 1.99. The fourth-order valence-corrected chi connectivity index (χ4v) is 2.31. The van der Waals surface area contributed by atoms with Crippen LogP contribution in [0.5, 0.6) is 0 Å². The highest BCUT2D eigenvalue weighted by Gasteiger charge is 2.26. The van der Waals surface area contributed by atoms with Crippen LogP contribution in [0.2, 0.25) is 0 Å². The lowest BCUT2D eigenvalue weighted by atomic mass is 10.1. The zero-order valence-electron chi connectivity index (χ0n) is 10.6. The fourth-order valence-electron chi connectivity index (χ4n) is 2.31. The van der Waals surface area contributed by atoms with E-state index in [1.54, 1.807) is 11.6 Å². The molecule has 0 saturated carbocycles. The summed E-state index contributed by atoms with van der Waals surface area (Å²) >= 11 is 0. The summed E-state index contributed by atoms with van der Waals surface area (Å²) in [4.78, 5) is 17.9. The predicted molar refractivity (Wildman–Crippen MR) is 68.7 cm³/mol. The van der Waals surface area contributed by atoms with E-state index in [0.29, 0.717) is 17.1 Å². The van der Waals surface area contributed by atoms with Gasteiger partial charge in [0.15, 0.2) is 0 Å².